The van der Waals surface area contributed by atoms with Crippen LogP contribution in [0.2, 0.25) is 0 Å². The lowest BCUT2D eigenvalue weighted by Crippen LogP contribution is -2.19. The van der Waals surface area contributed by atoms with E-state index in [1.165, 1.54) is 5.56 Å². The number of ether oxygens (including phenoxy) is 4. The number of esters is 2. The molecule has 6 heteroatoms. The van der Waals surface area contributed by atoms with Crippen molar-refractivity contribution in [2.75, 3.05) is 26.4 Å². The number of benzene rings is 2. The van der Waals surface area contributed by atoms with Crippen molar-refractivity contribution in [3.05, 3.63) is 71.8 Å². The van der Waals surface area contributed by atoms with Crippen molar-refractivity contribution in [3.63, 3.8) is 0 Å². The molecule has 35 heavy (non-hydrogen) atoms. The third kappa shape index (κ3) is 9.47. The molecule has 0 aliphatic rings. The van der Waals surface area contributed by atoms with Crippen molar-refractivity contribution in [2.24, 2.45) is 0 Å². The highest BCUT2D eigenvalue weighted by atomic mass is 16.6. The zero-order valence-corrected chi connectivity index (χ0v) is 21.8. The molecule has 0 N–H and O–H groups in total. The van der Waals surface area contributed by atoms with Crippen LogP contribution in [0.1, 0.15) is 59.1 Å². The molecule has 0 aliphatic carbocycles. The summed E-state index contributed by atoms with van der Waals surface area (Å²) in [5.74, 6) is 0.249. The molecule has 0 fully saturated rings. The van der Waals surface area contributed by atoms with E-state index >= 15 is 0 Å². The second-order valence-corrected chi connectivity index (χ2v) is 10.4. The Morgan fingerprint density at radius 2 is 1.40 bits per heavy atom. The summed E-state index contributed by atoms with van der Waals surface area (Å²) in [6.07, 6.45) is -0.244. The molecule has 0 spiro atoms. The van der Waals surface area contributed by atoms with Gasteiger partial charge in [0.15, 0.2) is 0 Å². The lowest BCUT2D eigenvalue weighted by Gasteiger charge is -2.27. The van der Waals surface area contributed by atoms with Crippen molar-refractivity contribution in [2.45, 2.75) is 58.8 Å². The average molecular weight is 483 g/mol. The molecule has 0 unspecified atom stereocenters. The minimum atomic E-state index is -0.649. The highest BCUT2D eigenvalue weighted by Crippen LogP contribution is 2.35. The number of carbonyl (C=O) groups excluding carboxylic acids is 2. The van der Waals surface area contributed by atoms with Crippen LogP contribution in [0.3, 0.4) is 0 Å². The van der Waals surface area contributed by atoms with Crippen LogP contribution in [0.5, 0.6) is 11.5 Å². The van der Waals surface area contributed by atoms with E-state index in [0.29, 0.717) is 5.75 Å². The standard InChI is InChI=1S/C29H38O6/c1-21(27(31)35-18-15-32-23-11-9-8-10-12-23)19-26(30)34-17-16-33-25-14-13-22(28(2,3)4)20-24(25)29(5,6)7/h8-14,20H,1,15-19H2,2-7H3. The summed E-state index contributed by atoms with van der Waals surface area (Å²) in [4.78, 5) is 24.1. The Morgan fingerprint density at radius 1 is 0.771 bits per heavy atom. The van der Waals surface area contributed by atoms with Gasteiger partial charge in [-0.1, -0.05) is 78.5 Å². The van der Waals surface area contributed by atoms with Gasteiger partial charge in [0.2, 0.25) is 0 Å². The first kappa shape index (κ1) is 28.0. The first-order valence-corrected chi connectivity index (χ1v) is 11.8. The lowest BCUT2D eigenvalue weighted by atomic mass is 9.80. The summed E-state index contributed by atoms with van der Waals surface area (Å²) < 4.78 is 21.7. The summed E-state index contributed by atoms with van der Waals surface area (Å²) in [5, 5.41) is 0. The summed E-state index contributed by atoms with van der Waals surface area (Å²) in [6.45, 7) is 17.1. The third-order valence-corrected chi connectivity index (χ3v) is 5.23. The fourth-order valence-electron chi connectivity index (χ4n) is 3.23. The molecule has 0 bridgehead atoms. The van der Waals surface area contributed by atoms with Gasteiger partial charge in [0.05, 0.1) is 6.42 Å². The zero-order valence-electron chi connectivity index (χ0n) is 21.8. The smallest absolute Gasteiger partial charge is 0.334 e. The van der Waals surface area contributed by atoms with Gasteiger partial charge in [-0.2, -0.15) is 0 Å². The van der Waals surface area contributed by atoms with Gasteiger partial charge in [-0.25, -0.2) is 4.79 Å². The Morgan fingerprint density at radius 3 is 2.03 bits per heavy atom. The topological polar surface area (TPSA) is 71.1 Å². The largest absolute Gasteiger partial charge is 0.490 e. The Kier molecular flexibility index (Phi) is 9.93. The lowest BCUT2D eigenvalue weighted by molar-refractivity contribution is -0.147. The molecule has 0 atom stereocenters. The molecule has 2 aromatic rings. The van der Waals surface area contributed by atoms with E-state index in [1.807, 2.05) is 36.4 Å². The van der Waals surface area contributed by atoms with Gasteiger partial charge < -0.3 is 18.9 Å². The SMILES string of the molecule is C=C(CC(=O)OCCOc1ccc(C(C)(C)C)cc1C(C)(C)C)C(=O)OCCOc1ccccc1. The normalized spacial score (nSPS) is 11.5. The van der Waals surface area contributed by atoms with Gasteiger partial charge in [0.1, 0.15) is 37.9 Å². The van der Waals surface area contributed by atoms with Crippen LogP contribution in [0, 0.1) is 0 Å². The Bertz CT molecular complexity index is 996. The summed E-state index contributed by atoms with van der Waals surface area (Å²) >= 11 is 0. The van der Waals surface area contributed by atoms with Gasteiger partial charge in [0, 0.05) is 5.57 Å². The van der Waals surface area contributed by atoms with Gasteiger partial charge in [-0.05, 0) is 40.2 Å². The first-order valence-electron chi connectivity index (χ1n) is 11.8. The molecule has 2 aromatic carbocycles. The zero-order chi connectivity index (χ0) is 26.1. The van der Waals surface area contributed by atoms with Crippen molar-refractivity contribution in [1.82, 2.24) is 0 Å². The summed E-state index contributed by atoms with van der Waals surface area (Å²) in [7, 11) is 0. The van der Waals surface area contributed by atoms with Crippen molar-refractivity contribution >= 4 is 11.9 Å². The quantitative estimate of drug-likeness (QED) is 0.230. The van der Waals surface area contributed by atoms with E-state index in [-0.39, 0.29) is 49.3 Å². The molecule has 0 saturated heterocycles. The van der Waals surface area contributed by atoms with Crippen LogP contribution in [0.25, 0.3) is 0 Å². The molecule has 0 aliphatic heterocycles. The van der Waals surface area contributed by atoms with Crippen molar-refractivity contribution < 1.29 is 28.5 Å². The minimum absolute atomic E-state index is 0.0309. The van der Waals surface area contributed by atoms with Crippen molar-refractivity contribution in [1.29, 1.82) is 0 Å². The Labute approximate surface area is 209 Å². The number of hydrogen-bond donors (Lipinski definition) is 0. The van der Waals surface area contributed by atoms with E-state index in [2.05, 4.69) is 60.3 Å². The van der Waals surface area contributed by atoms with E-state index in [4.69, 9.17) is 18.9 Å². The monoisotopic (exact) mass is 482 g/mol. The van der Waals surface area contributed by atoms with Crippen molar-refractivity contribution in [3.8, 4) is 11.5 Å². The maximum atomic E-state index is 12.1. The molecule has 0 amide bonds. The van der Waals surface area contributed by atoms with Gasteiger partial charge in [0.25, 0.3) is 0 Å². The number of carbonyl (C=O) groups is 2. The molecule has 0 radical (unpaired) electrons. The number of rotatable bonds is 11. The van der Waals surface area contributed by atoms with Crippen LogP contribution < -0.4 is 9.47 Å². The highest BCUT2D eigenvalue weighted by Gasteiger charge is 2.23. The number of hydrogen-bond acceptors (Lipinski definition) is 6. The third-order valence-electron chi connectivity index (χ3n) is 5.23. The fourth-order valence-corrected chi connectivity index (χ4v) is 3.23. The predicted octanol–water partition coefficient (Wildman–Crippen LogP) is 5.77. The molecule has 0 saturated carbocycles. The average Bonchev–Trinajstić information content (AvgIpc) is 2.78. The molecular weight excluding hydrogens is 444 g/mol. The molecular formula is C29H38O6. The number of para-hydroxylation sites is 1. The minimum Gasteiger partial charge on any atom is -0.490 e. The summed E-state index contributed by atoms with van der Waals surface area (Å²) in [6, 6.07) is 15.4. The van der Waals surface area contributed by atoms with Crippen LogP contribution >= 0.6 is 0 Å². The van der Waals surface area contributed by atoms with Gasteiger partial charge in [-0.15, -0.1) is 0 Å². The Balaban J connectivity index is 1.74. The molecule has 0 aromatic heterocycles. The van der Waals surface area contributed by atoms with Gasteiger partial charge >= 0.3 is 11.9 Å². The fraction of sp³-hybridized carbons (Fsp3) is 0.448. The van der Waals surface area contributed by atoms with Crippen LogP contribution in [0.4, 0.5) is 0 Å². The second-order valence-electron chi connectivity index (χ2n) is 10.4. The summed E-state index contributed by atoms with van der Waals surface area (Å²) in [5.41, 5.74) is 2.30. The van der Waals surface area contributed by atoms with Crippen LogP contribution in [0.15, 0.2) is 60.7 Å². The van der Waals surface area contributed by atoms with E-state index < -0.39 is 11.9 Å². The van der Waals surface area contributed by atoms with E-state index in [0.717, 1.165) is 11.3 Å². The van der Waals surface area contributed by atoms with E-state index in [1.54, 1.807) is 0 Å². The molecule has 2 rings (SSSR count). The highest BCUT2D eigenvalue weighted by molar-refractivity contribution is 5.93. The molecule has 6 nitrogen and oxygen atoms in total. The molecule has 0 heterocycles. The van der Waals surface area contributed by atoms with Crippen LogP contribution in [-0.2, 0) is 29.9 Å². The first-order chi connectivity index (χ1) is 16.4. The predicted molar refractivity (Wildman–Crippen MR) is 137 cm³/mol. The second kappa shape index (κ2) is 12.4. The maximum absolute atomic E-state index is 12.1. The van der Waals surface area contributed by atoms with Crippen LogP contribution in [-0.4, -0.2) is 38.4 Å². The van der Waals surface area contributed by atoms with Gasteiger partial charge in [-0.3, -0.25) is 4.79 Å². The van der Waals surface area contributed by atoms with E-state index in [9.17, 15) is 9.59 Å². The Hall–Kier alpha value is -3.28. The molecule has 190 valence electrons. The maximum Gasteiger partial charge on any atom is 0.334 e.